The Morgan fingerprint density at radius 3 is 2.26 bits per heavy atom. The number of carbonyl (C=O) groups is 4. The van der Waals surface area contributed by atoms with Gasteiger partial charge in [0.2, 0.25) is 5.78 Å². The number of amides is 2. The molecule has 7 rings (SSSR count). The van der Waals surface area contributed by atoms with Gasteiger partial charge in [-0.3, -0.25) is 19.7 Å². The number of benzene rings is 1. The van der Waals surface area contributed by atoms with Crippen LogP contribution in [0.2, 0.25) is 0 Å². The fraction of sp³-hybridized carbons (Fsp3) is 0.633. The third-order valence-corrected chi connectivity index (χ3v) is 20.8. The molecule has 1 saturated carbocycles. The molecule has 492 valence electrons. The number of nitrogens with one attached hydrogen (secondary N) is 4. The Bertz CT molecular complexity index is 2890. The van der Waals surface area contributed by atoms with Gasteiger partial charge in [-0.25, -0.2) is 9.59 Å². The van der Waals surface area contributed by atoms with E-state index in [1.807, 2.05) is 26.4 Å². The Balaban J connectivity index is 1.27. The summed E-state index contributed by atoms with van der Waals surface area (Å²) in [6.45, 7) is 12.9. The van der Waals surface area contributed by atoms with Crippen molar-refractivity contribution < 1.29 is 101 Å². The molecule has 2 amide bonds. The number of Topliss-reactive ketones (excluding diaryl/α,β-unsaturated/α-hetero) is 1. The molecule has 3 heterocycles. The average Bonchev–Trinajstić information content (AvgIpc) is 0.971. The van der Waals surface area contributed by atoms with Crippen molar-refractivity contribution >= 4 is 72.6 Å². The van der Waals surface area contributed by atoms with Crippen molar-refractivity contribution in [1.29, 1.82) is 0 Å². The third kappa shape index (κ3) is 17.6. The first-order valence-corrected chi connectivity index (χ1v) is 34.1. The number of ketones is 1. The van der Waals surface area contributed by atoms with E-state index in [-0.39, 0.29) is 81.7 Å². The first-order chi connectivity index (χ1) is 42.5. The summed E-state index contributed by atoms with van der Waals surface area (Å²) in [5.74, 6) is 8.81. The van der Waals surface area contributed by atoms with E-state index in [9.17, 15) is 34.8 Å². The Hall–Kier alpha value is -4.58. The maximum absolute atomic E-state index is 15.6. The lowest BCUT2D eigenvalue weighted by Gasteiger charge is -2.47. The number of hydroxylamine groups is 1. The van der Waals surface area contributed by atoms with Crippen LogP contribution in [0.1, 0.15) is 70.7 Å². The van der Waals surface area contributed by atoms with Gasteiger partial charge in [0.05, 0.1) is 94.6 Å². The lowest BCUT2D eigenvalue weighted by atomic mass is 9.73. The van der Waals surface area contributed by atoms with Crippen LogP contribution >= 0.6 is 43.2 Å². The fourth-order valence-corrected chi connectivity index (χ4v) is 14.7. The molecule has 1 aromatic rings. The van der Waals surface area contributed by atoms with E-state index in [1.165, 1.54) is 84.0 Å². The first-order valence-electron chi connectivity index (χ1n) is 28.8. The van der Waals surface area contributed by atoms with Crippen LogP contribution in [0.4, 0.5) is 10.5 Å². The number of thioether (sulfide) groups is 1. The van der Waals surface area contributed by atoms with Gasteiger partial charge in [-0.15, -0.1) is 0 Å². The molecule has 3 aliphatic carbocycles. The quantitative estimate of drug-likeness (QED) is 0.0130. The number of anilines is 1. The highest BCUT2D eigenvalue weighted by molar-refractivity contribution is 9.09. The minimum absolute atomic E-state index is 0.0228. The van der Waals surface area contributed by atoms with E-state index in [1.54, 1.807) is 31.9 Å². The summed E-state index contributed by atoms with van der Waals surface area (Å²) in [6, 6.07) is 1.50. The molecular formula is C60H82N4O21S4. The Labute approximate surface area is 534 Å². The standard InChI is InChI=1S/C60H82N4O21S4/c1-29(2)61-38-28-78-45(26-41(38)74-8)83-53-51(67)48(64-85-34-22-30(3)54(86-12)39(65)23-34)31(4)80-58(53)82-40-18-16-14-15-17-20-60(72)36(19-21-88-89-87-13)47(40)49(63-59(71)77-11)52(68)55(60)84-46-27-44(50(66)32(5)79-46)81-57(70)35-24-42(75-9)43(76-10)25-37(35)62-56(69)33(6)73-7/h14-15,19,24-25,29-32,34,38-41,44-46,48,50-51,53-55,58,61,64-67,72H,6,21-23,26-28H2,1-5,7-13H3,(H,62,69)(H,63,71)/b15-14-,36-19+/t30-,31+,32-,34+,38-,39-,40-,41-,44-,45-,46-,48+,50-,51-,53+,54+,55+,58-,60+/m0/s1. The molecule has 6 aliphatic rings. The second kappa shape index (κ2) is 33.3. The van der Waals surface area contributed by atoms with E-state index < -0.39 is 134 Å². The number of carbonyl (C=O) groups excluding carboxylic acids is 4. The van der Waals surface area contributed by atoms with Crippen molar-refractivity contribution in [2.75, 3.05) is 65.7 Å². The molecule has 1 aromatic carbocycles. The highest BCUT2D eigenvalue weighted by atomic mass is 33.5. The maximum Gasteiger partial charge on any atom is 0.411 e. The van der Waals surface area contributed by atoms with Gasteiger partial charge in [0.1, 0.15) is 30.5 Å². The zero-order valence-corrected chi connectivity index (χ0v) is 54.9. The number of aliphatic hydroxyl groups is 4. The summed E-state index contributed by atoms with van der Waals surface area (Å²) in [5.41, 5.74) is -0.760. The van der Waals surface area contributed by atoms with Crippen LogP contribution in [0.5, 0.6) is 11.5 Å². The summed E-state index contributed by atoms with van der Waals surface area (Å²) in [5, 5.41) is 57.2. The van der Waals surface area contributed by atoms with Gasteiger partial charge in [-0.1, -0.05) is 78.7 Å². The lowest BCUT2D eigenvalue weighted by Crippen LogP contribution is -2.65. The minimum Gasteiger partial charge on any atom is -0.493 e. The number of aliphatic hydroxyl groups excluding tert-OH is 3. The van der Waals surface area contributed by atoms with Crippen molar-refractivity contribution in [1.82, 2.24) is 16.1 Å². The molecule has 3 aliphatic heterocycles. The molecular weight excluding hydrogens is 1240 g/mol. The Morgan fingerprint density at radius 2 is 1.60 bits per heavy atom. The van der Waals surface area contributed by atoms with Gasteiger partial charge in [0, 0.05) is 66.7 Å². The number of rotatable bonds is 25. The average molecular weight is 1320 g/mol. The lowest BCUT2D eigenvalue weighted by molar-refractivity contribution is -0.331. The van der Waals surface area contributed by atoms with Crippen LogP contribution in [0.15, 0.2) is 59.5 Å². The maximum atomic E-state index is 15.6. The Morgan fingerprint density at radius 1 is 0.876 bits per heavy atom. The van der Waals surface area contributed by atoms with Crippen LogP contribution in [0.25, 0.3) is 0 Å². The van der Waals surface area contributed by atoms with Crippen molar-refractivity contribution in [3.63, 3.8) is 0 Å². The normalized spacial score (nSPS) is 34.4. The number of alkyl carbamates (subject to hydrolysis) is 1. The van der Waals surface area contributed by atoms with Crippen molar-refractivity contribution in [2.24, 2.45) is 5.92 Å². The molecule has 19 atom stereocenters. The van der Waals surface area contributed by atoms with Crippen LogP contribution in [-0.4, -0.2) is 220 Å². The number of hydrogen-bond donors (Lipinski definition) is 8. The van der Waals surface area contributed by atoms with Gasteiger partial charge >= 0.3 is 12.1 Å². The van der Waals surface area contributed by atoms with Crippen molar-refractivity contribution in [2.45, 2.75) is 175 Å². The predicted molar refractivity (Wildman–Crippen MR) is 333 cm³/mol. The van der Waals surface area contributed by atoms with Gasteiger partial charge in [0.15, 0.2) is 47.8 Å². The van der Waals surface area contributed by atoms with Crippen LogP contribution in [0.3, 0.4) is 0 Å². The molecule has 3 saturated heterocycles. The van der Waals surface area contributed by atoms with Crippen LogP contribution in [0, 0.1) is 29.6 Å². The second-order valence-electron chi connectivity index (χ2n) is 22.0. The van der Waals surface area contributed by atoms with Crippen molar-refractivity contribution in [3.05, 3.63) is 65.1 Å². The van der Waals surface area contributed by atoms with Gasteiger partial charge in [0.25, 0.3) is 5.91 Å². The van der Waals surface area contributed by atoms with Crippen LogP contribution < -0.4 is 30.9 Å². The Kier molecular flexibility index (Phi) is 26.9. The van der Waals surface area contributed by atoms with E-state index in [0.717, 1.165) is 7.11 Å². The fourth-order valence-electron chi connectivity index (χ4n) is 11.3. The number of ether oxygens (including phenoxy) is 12. The number of methoxy groups -OCH3 is 5. The molecule has 25 nitrogen and oxygen atoms in total. The molecule has 0 aromatic heterocycles. The van der Waals surface area contributed by atoms with E-state index in [4.69, 9.17) is 61.7 Å². The highest BCUT2D eigenvalue weighted by Crippen LogP contribution is 2.44. The number of fused-ring (bicyclic) bond motifs is 2. The van der Waals surface area contributed by atoms with E-state index in [2.05, 4.69) is 58.6 Å². The molecule has 0 unspecified atom stereocenters. The first kappa shape index (κ1) is 71.9. The summed E-state index contributed by atoms with van der Waals surface area (Å²) >= 11 is 1.60. The largest absolute Gasteiger partial charge is 0.493 e. The molecule has 4 fully saturated rings. The molecule has 0 spiro atoms. The summed E-state index contributed by atoms with van der Waals surface area (Å²) in [7, 11) is 10.8. The molecule has 89 heavy (non-hydrogen) atoms. The third-order valence-electron chi connectivity index (χ3n) is 15.7. The second-order valence-corrected chi connectivity index (χ2v) is 27.4. The monoisotopic (exact) mass is 1320 g/mol. The molecule has 29 heteroatoms. The smallest absolute Gasteiger partial charge is 0.411 e. The summed E-state index contributed by atoms with van der Waals surface area (Å²) in [6.07, 6.45) is -9.44. The number of allylic oxidation sites excluding steroid dienone is 2. The topological polar surface area (TPSA) is 317 Å². The zero-order chi connectivity index (χ0) is 64.9. The predicted octanol–water partition coefficient (Wildman–Crippen LogP) is 4.08. The van der Waals surface area contributed by atoms with Gasteiger partial charge < -0.3 is 87.9 Å². The number of esters is 1. The van der Waals surface area contributed by atoms with Gasteiger partial charge in [-0.2, -0.15) is 17.2 Å². The molecule has 2 bridgehead atoms. The number of hydrogen-bond acceptors (Lipinski definition) is 27. The van der Waals surface area contributed by atoms with Crippen LogP contribution in [-0.2, 0) is 61.8 Å². The van der Waals surface area contributed by atoms with E-state index in [0.29, 0.717) is 12.8 Å². The van der Waals surface area contributed by atoms with E-state index >= 15 is 4.79 Å². The molecule has 8 N–H and O–H groups in total. The van der Waals surface area contributed by atoms with Gasteiger partial charge in [-0.05, 0) is 60.7 Å². The summed E-state index contributed by atoms with van der Waals surface area (Å²) in [4.78, 5) is 62.7. The minimum atomic E-state index is -2.65. The van der Waals surface area contributed by atoms with Crippen molar-refractivity contribution in [3.8, 4) is 35.2 Å². The zero-order valence-electron chi connectivity index (χ0n) is 51.7. The molecule has 0 radical (unpaired) electrons. The summed E-state index contributed by atoms with van der Waals surface area (Å²) < 4.78 is 72.0. The SMILES string of the molecule is C=C(OC)C(=O)Nc1cc(OC)c(OC)cc1C(=O)O[C@H]1C[C@H](O[C@@H]2C(=O)C(NC(=O)OC)=C3/C(=C\CSSSC)[C@]2(O)C#C/C=C\C#C[C@@H]3O[C@@H]2O[C@H](C)[C@@H](NO[C@@H]3C[C@H](C)[C@@H](SC)[C@@H](O)C3)[C@H](O)[C@H]2O[C@H]2C[C@H](OC)[C@@H](NC(C)C)CO2)O[C@@H](C)[C@@H]1O. The highest BCUT2D eigenvalue weighted by Gasteiger charge is 2.57.